The van der Waals surface area contributed by atoms with Gasteiger partial charge < -0.3 is 9.64 Å². The van der Waals surface area contributed by atoms with Crippen LogP contribution in [0.3, 0.4) is 0 Å². The predicted octanol–water partition coefficient (Wildman–Crippen LogP) is 4.30. The number of hydrogen-bond acceptors (Lipinski definition) is 8. The molecule has 4 aromatic rings. The quantitative estimate of drug-likeness (QED) is 0.284. The first-order chi connectivity index (χ1) is 20.7. The van der Waals surface area contributed by atoms with Crippen LogP contribution < -0.4 is 0 Å². The van der Waals surface area contributed by atoms with Gasteiger partial charge in [-0.3, -0.25) is 14.6 Å². The average molecular weight is 640 g/mol. The van der Waals surface area contributed by atoms with E-state index in [1.54, 1.807) is 29.5 Å². The molecule has 226 valence electrons. The minimum atomic E-state index is -3.31. The Morgan fingerprint density at radius 3 is 2.37 bits per heavy atom. The van der Waals surface area contributed by atoms with Crippen molar-refractivity contribution in [2.75, 3.05) is 65.3 Å². The van der Waals surface area contributed by atoms with Gasteiger partial charge in [0.25, 0.3) is 0 Å². The van der Waals surface area contributed by atoms with Crippen LogP contribution in [-0.2, 0) is 25.9 Å². The molecule has 4 heterocycles. The van der Waals surface area contributed by atoms with Gasteiger partial charge in [0.2, 0.25) is 5.91 Å². The Morgan fingerprint density at radius 1 is 0.907 bits per heavy atom. The van der Waals surface area contributed by atoms with Crippen LogP contribution in [0.2, 0.25) is 5.02 Å². The van der Waals surface area contributed by atoms with Crippen molar-refractivity contribution >= 4 is 38.7 Å². The fourth-order valence-electron chi connectivity index (χ4n) is 5.44. The summed E-state index contributed by atoms with van der Waals surface area (Å²) in [6.45, 7) is 7.08. The molecule has 0 aliphatic carbocycles. The van der Waals surface area contributed by atoms with E-state index in [0.29, 0.717) is 49.3 Å². The molecule has 2 aliphatic heterocycles. The van der Waals surface area contributed by atoms with Crippen LogP contribution in [0.1, 0.15) is 5.69 Å². The number of benzene rings is 2. The van der Waals surface area contributed by atoms with Gasteiger partial charge in [-0.1, -0.05) is 35.9 Å². The first-order valence-corrected chi connectivity index (χ1v) is 17.4. The number of hydrogen-bond donors (Lipinski definition) is 0. The molecule has 0 atom stereocenters. The number of rotatable bonds is 8. The van der Waals surface area contributed by atoms with Crippen molar-refractivity contribution in [1.82, 2.24) is 24.5 Å². The second-order valence-corrected chi connectivity index (χ2v) is 14.4. The highest BCUT2D eigenvalue weighted by Gasteiger charge is 2.24. The topological polar surface area (TPSA) is 88.0 Å². The third-order valence-corrected chi connectivity index (χ3v) is 10.4. The van der Waals surface area contributed by atoms with Crippen molar-refractivity contribution in [2.24, 2.45) is 0 Å². The maximum absolute atomic E-state index is 12.7. The van der Waals surface area contributed by atoms with Crippen molar-refractivity contribution < 1.29 is 17.9 Å². The number of amides is 1. The summed E-state index contributed by atoms with van der Waals surface area (Å²) in [5, 5.41) is 5.61. The van der Waals surface area contributed by atoms with Crippen LogP contribution in [0.25, 0.3) is 26.7 Å². The van der Waals surface area contributed by atoms with Crippen LogP contribution >= 0.6 is 22.9 Å². The van der Waals surface area contributed by atoms with Gasteiger partial charge in [0.1, 0.15) is 0 Å². The number of sulfone groups is 1. The number of morpholine rings is 1. The van der Waals surface area contributed by atoms with E-state index in [4.69, 9.17) is 21.4 Å². The van der Waals surface area contributed by atoms with E-state index < -0.39 is 9.84 Å². The fraction of sp³-hybridized carbons (Fsp3) is 0.355. The molecule has 0 radical (unpaired) electrons. The van der Waals surface area contributed by atoms with Crippen LogP contribution in [0.5, 0.6) is 0 Å². The maximum atomic E-state index is 12.7. The van der Waals surface area contributed by atoms with Crippen LogP contribution in [-0.4, -0.2) is 104 Å². The van der Waals surface area contributed by atoms with Crippen LogP contribution in [0.15, 0.2) is 71.6 Å². The van der Waals surface area contributed by atoms with Crippen molar-refractivity contribution in [3.8, 4) is 26.7 Å². The molecule has 0 unspecified atom stereocenters. The number of carbonyl (C=O) groups is 1. The van der Waals surface area contributed by atoms with E-state index in [-0.39, 0.29) is 5.91 Å². The summed E-state index contributed by atoms with van der Waals surface area (Å²) in [5.74, 6) is 0.179. The minimum absolute atomic E-state index is 0.179. The summed E-state index contributed by atoms with van der Waals surface area (Å²) in [4.78, 5) is 21.5. The molecule has 2 aliphatic rings. The van der Waals surface area contributed by atoms with E-state index in [1.807, 2.05) is 52.0 Å². The highest BCUT2D eigenvalue weighted by Crippen LogP contribution is 2.37. The number of nitrogens with zero attached hydrogens (tertiary/aromatic N) is 5. The monoisotopic (exact) mass is 639 g/mol. The highest BCUT2D eigenvalue weighted by molar-refractivity contribution is 7.90. The smallest absolute Gasteiger partial charge is 0.236 e. The molecule has 43 heavy (non-hydrogen) atoms. The summed E-state index contributed by atoms with van der Waals surface area (Å²) in [6.07, 6.45) is 1.22. The Bertz CT molecular complexity index is 1710. The van der Waals surface area contributed by atoms with Gasteiger partial charge in [0.05, 0.1) is 51.6 Å². The van der Waals surface area contributed by atoms with Crippen molar-refractivity contribution in [3.05, 3.63) is 77.4 Å². The summed E-state index contributed by atoms with van der Waals surface area (Å²) >= 11 is 8.21. The lowest BCUT2D eigenvalue weighted by atomic mass is 10.2. The molecule has 2 aromatic heterocycles. The molecule has 0 saturated carbocycles. The number of para-hydroxylation sites is 1. The Balaban J connectivity index is 1.20. The van der Waals surface area contributed by atoms with Gasteiger partial charge in [-0.05, 0) is 48.0 Å². The molecule has 0 bridgehead atoms. The van der Waals surface area contributed by atoms with Crippen molar-refractivity contribution in [2.45, 2.75) is 11.4 Å². The zero-order chi connectivity index (χ0) is 30.0. The molecule has 1 amide bonds. The summed E-state index contributed by atoms with van der Waals surface area (Å²) in [5.41, 5.74) is 3.51. The second-order valence-electron chi connectivity index (χ2n) is 10.9. The lowest BCUT2D eigenvalue weighted by Gasteiger charge is -2.35. The Hall–Kier alpha value is -3.06. The fourth-order valence-corrected chi connectivity index (χ4v) is 7.33. The van der Waals surface area contributed by atoms with E-state index in [1.165, 1.54) is 6.26 Å². The lowest BCUT2D eigenvalue weighted by molar-refractivity contribution is -0.136. The molecule has 0 spiro atoms. The number of aromatic nitrogens is 2. The van der Waals surface area contributed by atoms with E-state index in [9.17, 15) is 13.2 Å². The third-order valence-electron chi connectivity index (χ3n) is 7.82. The predicted molar refractivity (Wildman–Crippen MR) is 170 cm³/mol. The van der Waals surface area contributed by atoms with Gasteiger partial charge in [-0.25, -0.2) is 13.1 Å². The maximum Gasteiger partial charge on any atom is 0.236 e. The molecule has 0 N–H and O–H groups in total. The highest BCUT2D eigenvalue weighted by atomic mass is 35.5. The second kappa shape index (κ2) is 12.9. The molecule has 2 saturated heterocycles. The Morgan fingerprint density at radius 2 is 1.63 bits per heavy atom. The largest absolute Gasteiger partial charge is 0.378 e. The molecule has 2 aromatic carbocycles. The Kier molecular flexibility index (Phi) is 8.99. The third kappa shape index (κ3) is 7.03. The first kappa shape index (κ1) is 30.0. The van der Waals surface area contributed by atoms with Crippen LogP contribution in [0.4, 0.5) is 0 Å². The van der Waals surface area contributed by atoms with Gasteiger partial charge >= 0.3 is 0 Å². The molecular formula is C31H34ClN5O4S2. The van der Waals surface area contributed by atoms with Gasteiger partial charge in [-0.2, -0.15) is 5.10 Å². The summed E-state index contributed by atoms with van der Waals surface area (Å²) < 4.78 is 31.5. The first-order valence-electron chi connectivity index (χ1n) is 14.3. The number of halogens is 1. The van der Waals surface area contributed by atoms with Gasteiger partial charge in [0, 0.05) is 56.9 Å². The normalized spacial score (nSPS) is 16.9. The van der Waals surface area contributed by atoms with E-state index in [2.05, 4.69) is 15.9 Å². The number of carbonyl (C=O) groups excluding carboxylic acids is 1. The summed E-state index contributed by atoms with van der Waals surface area (Å²) in [7, 11) is -3.31. The van der Waals surface area contributed by atoms with Crippen molar-refractivity contribution in [3.63, 3.8) is 0 Å². The molecule has 6 rings (SSSR count). The molecular weight excluding hydrogens is 606 g/mol. The van der Waals surface area contributed by atoms with E-state index in [0.717, 1.165) is 58.6 Å². The molecule has 12 heteroatoms. The van der Waals surface area contributed by atoms with Crippen LogP contribution in [0, 0.1) is 0 Å². The zero-order valence-corrected chi connectivity index (χ0v) is 26.4. The summed E-state index contributed by atoms with van der Waals surface area (Å²) in [6, 6.07) is 20.9. The minimum Gasteiger partial charge on any atom is -0.378 e. The molecule has 2 fully saturated rings. The standard InChI is InChI=1S/C31H34ClN5O4S2/c1-43(39,40)25-6-4-5-23(19-25)29-9-10-30(42-29)28-20-24(33-37(28)27-8-3-2-7-26(27)32)21-34-11-13-35(14-12-34)22-31(38)36-15-17-41-18-16-36/h2-10,19-20H,11-18,21-22H2,1H3. The molecule has 9 nitrogen and oxygen atoms in total. The number of ether oxygens (including phenoxy) is 1. The number of piperazine rings is 1. The zero-order valence-electron chi connectivity index (χ0n) is 24.0. The number of thiophene rings is 1. The Labute approximate surface area is 261 Å². The van der Waals surface area contributed by atoms with Gasteiger partial charge in [-0.15, -0.1) is 11.3 Å². The SMILES string of the molecule is CS(=O)(=O)c1cccc(-c2ccc(-c3cc(CN4CCN(CC(=O)N5CCOCC5)CC4)nn3-c3ccccc3Cl)s2)c1. The van der Waals surface area contributed by atoms with E-state index >= 15 is 0 Å². The van der Waals surface area contributed by atoms with Crippen molar-refractivity contribution in [1.29, 1.82) is 0 Å². The average Bonchev–Trinajstić information content (AvgIpc) is 3.66. The van der Waals surface area contributed by atoms with Gasteiger partial charge in [0.15, 0.2) is 9.84 Å². The lowest BCUT2D eigenvalue weighted by Crippen LogP contribution is -2.51.